The first-order valence-corrected chi connectivity index (χ1v) is 6.18. The lowest BCUT2D eigenvalue weighted by atomic mass is 10.3. The van der Waals surface area contributed by atoms with Crippen molar-refractivity contribution in [3.63, 3.8) is 0 Å². The Bertz CT molecular complexity index is 431. The van der Waals surface area contributed by atoms with Crippen molar-refractivity contribution in [2.45, 2.75) is 6.42 Å². The molecule has 2 aromatic rings. The van der Waals surface area contributed by atoms with Gasteiger partial charge in [-0.25, -0.2) is 9.97 Å². The second-order valence-corrected chi connectivity index (χ2v) is 4.03. The van der Waals surface area contributed by atoms with Crippen LogP contribution in [0.4, 0.5) is 5.82 Å². The zero-order valence-corrected chi connectivity index (χ0v) is 10.3. The molecule has 0 aromatic carbocycles. The summed E-state index contributed by atoms with van der Waals surface area (Å²) in [5.74, 6) is 1.58. The van der Waals surface area contributed by atoms with Crippen LogP contribution in [0.3, 0.4) is 0 Å². The Hall–Kier alpha value is -1.36. The Morgan fingerprint density at radius 1 is 1.38 bits per heavy atom. The monoisotopic (exact) mass is 281 g/mol. The van der Waals surface area contributed by atoms with Gasteiger partial charge in [-0.1, -0.05) is 15.9 Å². The Labute approximate surface area is 102 Å². The van der Waals surface area contributed by atoms with Gasteiger partial charge in [-0.05, 0) is 18.6 Å². The van der Waals surface area contributed by atoms with Crippen molar-refractivity contribution < 1.29 is 4.42 Å². The van der Waals surface area contributed by atoms with E-state index in [1.807, 2.05) is 18.2 Å². The lowest BCUT2D eigenvalue weighted by Gasteiger charge is -2.04. The Balaban J connectivity index is 2.08. The molecule has 2 heterocycles. The van der Waals surface area contributed by atoms with E-state index in [1.165, 1.54) is 6.33 Å². The quantitative estimate of drug-likeness (QED) is 0.676. The minimum atomic E-state index is 0.756. The highest BCUT2D eigenvalue weighted by atomic mass is 79.9. The van der Waals surface area contributed by atoms with Crippen LogP contribution in [0.1, 0.15) is 6.42 Å². The fraction of sp³-hybridized carbons (Fsp3) is 0.273. The molecule has 0 radical (unpaired) electrons. The SMILES string of the molecule is BrCCCNc1cc(-c2ccco2)ncn1. The number of nitrogens with zero attached hydrogens (tertiary/aromatic N) is 2. The Kier molecular flexibility index (Phi) is 3.93. The molecule has 0 aliphatic heterocycles. The van der Waals surface area contributed by atoms with E-state index < -0.39 is 0 Å². The van der Waals surface area contributed by atoms with Crippen LogP contribution in [0.25, 0.3) is 11.5 Å². The second-order valence-electron chi connectivity index (χ2n) is 3.24. The van der Waals surface area contributed by atoms with Crippen molar-refractivity contribution in [1.82, 2.24) is 9.97 Å². The molecule has 0 aliphatic rings. The summed E-state index contributed by atoms with van der Waals surface area (Å²) in [4.78, 5) is 8.30. The summed E-state index contributed by atoms with van der Waals surface area (Å²) < 4.78 is 5.27. The molecule has 0 bridgehead atoms. The van der Waals surface area contributed by atoms with E-state index in [4.69, 9.17) is 4.42 Å². The highest BCUT2D eigenvalue weighted by Gasteiger charge is 2.03. The summed E-state index contributed by atoms with van der Waals surface area (Å²) in [6.45, 7) is 0.889. The molecule has 0 saturated carbocycles. The Morgan fingerprint density at radius 2 is 2.31 bits per heavy atom. The van der Waals surface area contributed by atoms with Gasteiger partial charge in [-0.3, -0.25) is 0 Å². The highest BCUT2D eigenvalue weighted by molar-refractivity contribution is 9.09. The number of hydrogen-bond donors (Lipinski definition) is 1. The van der Waals surface area contributed by atoms with E-state index in [1.54, 1.807) is 6.26 Å². The average molecular weight is 282 g/mol. The van der Waals surface area contributed by atoms with E-state index in [0.29, 0.717) is 0 Å². The molecule has 4 nitrogen and oxygen atoms in total. The van der Waals surface area contributed by atoms with Crippen molar-refractivity contribution in [1.29, 1.82) is 0 Å². The van der Waals surface area contributed by atoms with E-state index in [2.05, 4.69) is 31.2 Å². The summed E-state index contributed by atoms with van der Waals surface area (Å²) >= 11 is 3.38. The van der Waals surface area contributed by atoms with Gasteiger partial charge < -0.3 is 9.73 Å². The summed E-state index contributed by atoms with van der Waals surface area (Å²) in [7, 11) is 0. The molecule has 5 heteroatoms. The first kappa shape index (κ1) is 11.1. The van der Waals surface area contributed by atoms with Gasteiger partial charge in [0.25, 0.3) is 0 Å². The molecule has 16 heavy (non-hydrogen) atoms. The van der Waals surface area contributed by atoms with Crippen molar-refractivity contribution in [2.75, 3.05) is 17.2 Å². The molecule has 2 rings (SSSR count). The number of alkyl halides is 1. The standard InChI is InChI=1S/C11H12BrN3O/c12-4-2-5-13-11-7-9(14-8-15-11)10-3-1-6-16-10/h1,3,6-8H,2,4-5H2,(H,13,14,15). The van der Waals surface area contributed by atoms with Gasteiger partial charge in [0.2, 0.25) is 0 Å². The topological polar surface area (TPSA) is 51.0 Å². The first-order valence-electron chi connectivity index (χ1n) is 5.06. The molecule has 0 spiro atoms. The second kappa shape index (κ2) is 5.65. The van der Waals surface area contributed by atoms with E-state index in [9.17, 15) is 0 Å². The van der Waals surface area contributed by atoms with Crippen LogP contribution in [-0.4, -0.2) is 21.8 Å². The predicted octanol–water partition coefficient (Wildman–Crippen LogP) is 2.93. The van der Waals surface area contributed by atoms with E-state index in [-0.39, 0.29) is 0 Å². The Morgan fingerprint density at radius 3 is 3.06 bits per heavy atom. The van der Waals surface area contributed by atoms with Crippen LogP contribution in [-0.2, 0) is 0 Å². The molecule has 0 aliphatic carbocycles. The van der Waals surface area contributed by atoms with Gasteiger partial charge in [0.05, 0.1) is 6.26 Å². The summed E-state index contributed by atoms with van der Waals surface area (Å²) in [6, 6.07) is 5.60. The van der Waals surface area contributed by atoms with Crippen LogP contribution in [0, 0.1) is 0 Å². The van der Waals surface area contributed by atoms with E-state index >= 15 is 0 Å². The summed E-state index contributed by atoms with van der Waals surface area (Å²) in [5, 5.41) is 4.21. The molecular formula is C11H12BrN3O. The van der Waals surface area contributed by atoms with Gasteiger partial charge in [-0.15, -0.1) is 0 Å². The van der Waals surface area contributed by atoms with Gasteiger partial charge in [0.15, 0.2) is 5.76 Å². The first-order chi connectivity index (χ1) is 7.90. The van der Waals surface area contributed by atoms with Crippen molar-refractivity contribution in [3.8, 4) is 11.5 Å². The van der Waals surface area contributed by atoms with Crippen LogP contribution < -0.4 is 5.32 Å². The largest absolute Gasteiger partial charge is 0.463 e. The van der Waals surface area contributed by atoms with Gasteiger partial charge >= 0.3 is 0 Å². The maximum atomic E-state index is 5.27. The molecule has 0 unspecified atom stereocenters. The molecule has 0 atom stereocenters. The van der Waals surface area contributed by atoms with Crippen LogP contribution in [0.2, 0.25) is 0 Å². The van der Waals surface area contributed by atoms with Crippen molar-refractivity contribution in [2.24, 2.45) is 0 Å². The molecule has 2 aromatic heterocycles. The molecule has 84 valence electrons. The van der Waals surface area contributed by atoms with Crippen LogP contribution >= 0.6 is 15.9 Å². The molecule has 0 amide bonds. The number of rotatable bonds is 5. The molecule has 0 saturated heterocycles. The minimum absolute atomic E-state index is 0.756. The number of furan rings is 1. The summed E-state index contributed by atoms with van der Waals surface area (Å²) in [5.41, 5.74) is 0.793. The van der Waals surface area contributed by atoms with Gasteiger partial charge in [-0.2, -0.15) is 0 Å². The minimum Gasteiger partial charge on any atom is -0.463 e. The highest BCUT2D eigenvalue weighted by Crippen LogP contribution is 2.18. The third kappa shape index (κ3) is 2.82. The zero-order chi connectivity index (χ0) is 11.2. The average Bonchev–Trinajstić information content (AvgIpc) is 2.83. The molecule has 1 N–H and O–H groups in total. The van der Waals surface area contributed by atoms with Crippen molar-refractivity contribution in [3.05, 3.63) is 30.8 Å². The number of aromatic nitrogens is 2. The normalized spacial score (nSPS) is 10.3. The number of halogens is 1. The van der Waals surface area contributed by atoms with E-state index in [0.717, 1.165) is 35.6 Å². The molecular weight excluding hydrogens is 270 g/mol. The predicted molar refractivity (Wildman–Crippen MR) is 66.6 cm³/mol. The third-order valence-corrected chi connectivity index (χ3v) is 2.62. The summed E-state index contributed by atoms with van der Waals surface area (Å²) in [6.07, 6.45) is 4.23. The molecule has 0 fully saturated rings. The smallest absolute Gasteiger partial charge is 0.152 e. The fourth-order valence-electron chi connectivity index (χ4n) is 1.30. The fourth-order valence-corrected chi connectivity index (χ4v) is 1.58. The van der Waals surface area contributed by atoms with Crippen LogP contribution in [0.15, 0.2) is 35.2 Å². The third-order valence-electron chi connectivity index (χ3n) is 2.06. The van der Waals surface area contributed by atoms with Gasteiger partial charge in [0.1, 0.15) is 17.8 Å². The van der Waals surface area contributed by atoms with Crippen LogP contribution in [0.5, 0.6) is 0 Å². The maximum Gasteiger partial charge on any atom is 0.152 e. The number of anilines is 1. The lowest BCUT2D eigenvalue weighted by Crippen LogP contribution is -2.04. The zero-order valence-electron chi connectivity index (χ0n) is 8.69. The lowest BCUT2D eigenvalue weighted by molar-refractivity contribution is 0.580. The number of nitrogens with one attached hydrogen (secondary N) is 1. The van der Waals surface area contributed by atoms with Crippen molar-refractivity contribution >= 4 is 21.7 Å². The number of hydrogen-bond acceptors (Lipinski definition) is 4. The maximum absolute atomic E-state index is 5.27. The van der Waals surface area contributed by atoms with Gasteiger partial charge in [0, 0.05) is 17.9 Å².